The molecule has 0 bridgehead atoms. The van der Waals surface area contributed by atoms with Crippen molar-refractivity contribution in [1.82, 2.24) is 19.5 Å². The second-order valence-electron chi connectivity index (χ2n) is 5.49. The number of aromatic amines is 1. The fourth-order valence-electron chi connectivity index (χ4n) is 2.81. The zero-order valence-electron chi connectivity index (χ0n) is 12.6. The van der Waals surface area contributed by atoms with Crippen LogP contribution in [0.15, 0.2) is 16.2 Å². The Bertz CT molecular complexity index is 951. The van der Waals surface area contributed by atoms with Gasteiger partial charge in [-0.05, 0) is 5.53 Å². The minimum absolute atomic E-state index is 0.316. The summed E-state index contributed by atoms with van der Waals surface area (Å²) in [4.78, 5) is 23.6. The number of halogens is 3. The molecule has 5 N–H and O–H groups in total. The minimum atomic E-state index is -5.02. The number of ether oxygens (including phenoxy) is 1. The molecule has 0 radical (unpaired) electrons. The number of aliphatic hydroxyl groups is 2. The Morgan fingerprint density at radius 3 is 2.85 bits per heavy atom. The van der Waals surface area contributed by atoms with Crippen LogP contribution in [0.5, 0.6) is 0 Å². The Hall–Kier alpha value is -2.87. The third-order valence-corrected chi connectivity index (χ3v) is 3.98. The monoisotopic (exact) mass is 376 g/mol. The maximum atomic E-state index is 13.5. The number of anilines is 1. The number of aliphatic hydroxyl groups excluding tert-OH is 2. The van der Waals surface area contributed by atoms with Crippen LogP contribution in [0.3, 0.4) is 0 Å². The minimum Gasteiger partial charge on any atom is -0.393 e. The van der Waals surface area contributed by atoms with E-state index in [0.717, 1.165) is 10.9 Å². The highest BCUT2D eigenvalue weighted by Crippen LogP contribution is 2.50. The van der Waals surface area contributed by atoms with Gasteiger partial charge in [-0.2, -0.15) is 18.2 Å². The van der Waals surface area contributed by atoms with Crippen molar-refractivity contribution in [3.8, 4) is 0 Å². The van der Waals surface area contributed by atoms with Crippen LogP contribution < -0.4 is 11.3 Å². The van der Waals surface area contributed by atoms with Gasteiger partial charge in [0.25, 0.3) is 5.56 Å². The van der Waals surface area contributed by atoms with Gasteiger partial charge in [0.15, 0.2) is 23.1 Å². The molecule has 2 aromatic rings. The van der Waals surface area contributed by atoms with Crippen molar-refractivity contribution in [2.24, 2.45) is 11.0 Å². The summed E-state index contributed by atoms with van der Waals surface area (Å²) in [5.41, 5.74) is 9.94. The summed E-state index contributed by atoms with van der Waals surface area (Å²) in [6.45, 7) is -1.22. The molecular weight excluding hydrogens is 365 g/mol. The number of fused-ring (bicyclic) bond motifs is 1. The number of hydrogen-bond acceptors (Lipinski definition) is 8. The van der Waals surface area contributed by atoms with Crippen LogP contribution in [0.25, 0.3) is 21.6 Å². The van der Waals surface area contributed by atoms with E-state index in [1.54, 1.807) is 0 Å². The van der Waals surface area contributed by atoms with Crippen LogP contribution in [-0.2, 0) is 4.74 Å². The quantitative estimate of drug-likeness (QED) is 0.323. The van der Waals surface area contributed by atoms with E-state index in [9.17, 15) is 28.2 Å². The molecule has 0 aromatic carbocycles. The number of azide groups is 1. The zero-order valence-corrected chi connectivity index (χ0v) is 12.6. The molecule has 0 amide bonds. The highest BCUT2D eigenvalue weighted by Gasteiger charge is 2.64. The highest BCUT2D eigenvalue weighted by molar-refractivity contribution is 5.70. The summed E-state index contributed by atoms with van der Waals surface area (Å²) in [7, 11) is 0. The molecule has 0 saturated carbocycles. The lowest BCUT2D eigenvalue weighted by Crippen LogP contribution is -2.46. The summed E-state index contributed by atoms with van der Waals surface area (Å²) in [6.07, 6.45) is -8.63. The van der Waals surface area contributed by atoms with Gasteiger partial charge in [-0.3, -0.25) is 14.3 Å². The van der Waals surface area contributed by atoms with Crippen molar-refractivity contribution in [1.29, 1.82) is 0 Å². The molecule has 26 heavy (non-hydrogen) atoms. The largest absolute Gasteiger partial charge is 0.398 e. The van der Waals surface area contributed by atoms with Crippen molar-refractivity contribution in [2.45, 2.75) is 24.2 Å². The molecule has 1 aliphatic rings. The van der Waals surface area contributed by atoms with E-state index in [1.807, 2.05) is 0 Å². The SMILES string of the molecule is [N-]=[N+]=NC1(CO)O[C@@H](n2cnc3c(=O)[nH]c(N)nc32)[C@@H](C(F)(F)F)[C@@H]1O. The molecule has 3 rings (SSSR count). The van der Waals surface area contributed by atoms with E-state index in [2.05, 4.69) is 25.0 Å². The first-order chi connectivity index (χ1) is 12.1. The van der Waals surface area contributed by atoms with E-state index < -0.39 is 42.3 Å². The fraction of sp³-hybridized carbons (Fsp3) is 0.545. The van der Waals surface area contributed by atoms with Crippen molar-refractivity contribution >= 4 is 17.1 Å². The standard InChI is InChI=1S/C11H11F3N8O4/c12-11(13,14)3-5(24)10(1-23,20-21-16)26-8(3)22-2-17-4-6(22)18-9(15)19-7(4)25/h2-3,5,8,23-24H,1H2,(H3,15,18,19,25)/t3-,5-,8+,10?/m0/s1. The van der Waals surface area contributed by atoms with E-state index in [4.69, 9.17) is 16.0 Å². The fourth-order valence-corrected chi connectivity index (χ4v) is 2.81. The second-order valence-corrected chi connectivity index (χ2v) is 5.49. The van der Waals surface area contributed by atoms with Gasteiger partial charge < -0.3 is 20.7 Å². The van der Waals surface area contributed by atoms with Crippen LogP contribution in [-0.4, -0.2) is 54.3 Å². The smallest absolute Gasteiger partial charge is 0.393 e. The number of nitrogens with zero attached hydrogens (tertiary/aromatic N) is 6. The first kappa shape index (κ1) is 17.9. The lowest BCUT2D eigenvalue weighted by molar-refractivity contribution is -0.210. The van der Waals surface area contributed by atoms with Gasteiger partial charge in [-0.15, -0.1) is 0 Å². The predicted molar refractivity (Wildman–Crippen MR) is 77.2 cm³/mol. The number of nitrogen functional groups attached to an aromatic ring is 1. The Labute approximate surface area is 140 Å². The summed E-state index contributed by atoms with van der Waals surface area (Å²) in [6, 6.07) is 0. The molecule has 2 aromatic heterocycles. The van der Waals surface area contributed by atoms with Crippen molar-refractivity contribution in [3.05, 3.63) is 27.1 Å². The van der Waals surface area contributed by atoms with Crippen LogP contribution in [0.2, 0.25) is 0 Å². The van der Waals surface area contributed by atoms with Gasteiger partial charge >= 0.3 is 6.18 Å². The number of imidazole rings is 1. The van der Waals surface area contributed by atoms with Crippen LogP contribution in [0.4, 0.5) is 19.1 Å². The van der Waals surface area contributed by atoms with Gasteiger partial charge in [0.05, 0.1) is 12.9 Å². The Kier molecular flexibility index (Phi) is 4.03. The van der Waals surface area contributed by atoms with E-state index in [0.29, 0.717) is 0 Å². The molecule has 1 aliphatic heterocycles. The molecule has 12 nitrogen and oxygen atoms in total. The van der Waals surface area contributed by atoms with Gasteiger partial charge in [-0.25, -0.2) is 4.98 Å². The first-order valence-corrected chi connectivity index (χ1v) is 6.96. The number of hydrogen-bond donors (Lipinski definition) is 4. The Morgan fingerprint density at radius 2 is 2.27 bits per heavy atom. The van der Waals surface area contributed by atoms with Crippen LogP contribution in [0, 0.1) is 5.92 Å². The lowest BCUT2D eigenvalue weighted by Gasteiger charge is -2.25. The van der Waals surface area contributed by atoms with Crippen LogP contribution >= 0.6 is 0 Å². The van der Waals surface area contributed by atoms with E-state index >= 15 is 0 Å². The Morgan fingerprint density at radius 1 is 1.58 bits per heavy atom. The zero-order chi connectivity index (χ0) is 19.3. The summed E-state index contributed by atoms with van der Waals surface area (Å²) >= 11 is 0. The van der Waals surface area contributed by atoms with E-state index in [-0.39, 0.29) is 17.1 Å². The topological polar surface area (TPSA) is 188 Å². The van der Waals surface area contributed by atoms with Gasteiger partial charge in [0.2, 0.25) is 5.95 Å². The molecule has 1 saturated heterocycles. The molecule has 140 valence electrons. The summed E-state index contributed by atoms with van der Waals surface area (Å²) in [5.74, 6) is -2.99. The maximum absolute atomic E-state index is 13.5. The van der Waals surface area contributed by atoms with Crippen molar-refractivity contribution in [2.75, 3.05) is 12.3 Å². The van der Waals surface area contributed by atoms with Gasteiger partial charge in [0, 0.05) is 4.91 Å². The average Bonchev–Trinajstić information content (AvgIpc) is 3.07. The Balaban J connectivity index is 2.22. The molecule has 15 heteroatoms. The molecule has 3 heterocycles. The third kappa shape index (κ3) is 2.53. The first-order valence-electron chi connectivity index (χ1n) is 6.96. The third-order valence-electron chi connectivity index (χ3n) is 3.98. The number of nitrogens with two attached hydrogens (primary N) is 1. The molecule has 0 aliphatic carbocycles. The maximum Gasteiger partial charge on any atom is 0.398 e. The van der Waals surface area contributed by atoms with Crippen molar-refractivity contribution < 1.29 is 28.1 Å². The number of nitrogens with one attached hydrogen (secondary N) is 1. The van der Waals surface area contributed by atoms with Gasteiger partial charge in [-0.1, -0.05) is 5.11 Å². The van der Waals surface area contributed by atoms with Gasteiger partial charge in [0.1, 0.15) is 12.0 Å². The molecule has 4 atom stereocenters. The second kappa shape index (κ2) is 5.84. The number of H-pyrrole nitrogens is 1. The lowest BCUT2D eigenvalue weighted by atomic mass is 9.95. The number of aromatic nitrogens is 4. The normalized spacial score (nSPS) is 29.0. The highest BCUT2D eigenvalue weighted by atomic mass is 19.4. The number of alkyl halides is 3. The molecule has 1 fully saturated rings. The van der Waals surface area contributed by atoms with Crippen molar-refractivity contribution in [3.63, 3.8) is 0 Å². The predicted octanol–water partition coefficient (Wildman–Crippen LogP) is -0.231. The summed E-state index contributed by atoms with van der Waals surface area (Å²) in [5, 5.41) is 22.5. The molecule has 1 unspecified atom stereocenters. The molecular formula is C11H11F3N8O4. The van der Waals surface area contributed by atoms with E-state index in [1.165, 1.54) is 0 Å². The molecule has 0 spiro atoms. The average molecular weight is 376 g/mol. The van der Waals surface area contributed by atoms with Crippen LogP contribution in [0.1, 0.15) is 6.23 Å². The number of rotatable bonds is 3. The summed E-state index contributed by atoms with van der Waals surface area (Å²) < 4.78 is 46.4.